The van der Waals surface area contributed by atoms with Gasteiger partial charge in [0.25, 0.3) is 5.91 Å². The van der Waals surface area contributed by atoms with Crippen LogP contribution in [0, 0.1) is 19.7 Å². The summed E-state index contributed by atoms with van der Waals surface area (Å²) in [5, 5.41) is 8.74. The van der Waals surface area contributed by atoms with Crippen LogP contribution in [0.3, 0.4) is 0 Å². The lowest BCUT2D eigenvalue weighted by Gasteiger charge is -2.14. The molecule has 0 bridgehead atoms. The second-order valence-electron chi connectivity index (χ2n) is 7.79. The number of methoxy groups -OCH3 is 1. The van der Waals surface area contributed by atoms with Gasteiger partial charge in [-0.25, -0.2) is 9.82 Å². The molecule has 0 aromatic heterocycles. The highest BCUT2D eigenvalue weighted by atomic mass is 79.9. The normalized spacial score (nSPS) is 10.6. The van der Waals surface area contributed by atoms with Crippen molar-refractivity contribution in [2.45, 2.75) is 13.8 Å². The fraction of sp³-hybridized carbons (Fsp3) is 0.154. The van der Waals surface area contributed by atoms with Gasteiger partial charge in [0.1, 0.15) is 5.82 Å². The van der Waals surface area contributed by atoms with Gasteiger partial charge in [0, 0.05) is 10.2 Å². The molecular weight excluding hydrogens is 547 g/mol. The van der Waals surface area contributed by atoms with Crippen molar-refractivity contribution < 1.29 is 28.2 Å². The molecule has 0 atom stereocenters. The molecule has 0 spiro atoms. The SMILES string of the molecule is COc1cc(/C=N\NC(=O)C(=O)Nc2ccccc2F)ccc1OCC(=O)Nc1c(C)cc(Br)cc1C. The highest BCUT2D eigenvalue weighted by Gasteiger charge is 2.15. The number of ether oxygens (including phenoxy) is 2. The Bertz CT molecular complexity index is 1340. The highest BCUT2D eigenvalue weighted by molar-refractivity contribution is 9.10. The van der Waals surface area contributed by atoms with Crippen molar-refractivity contribution in [2.24, 2.45) is 5.10 Å². The minimum Gasteiger partial charge on any atom is -0.493 e. The zero-order valence-electron chi connectivity index (χ0n) is 20.2. The number of hydrogen-bond donors (Lipinski definition) is 3. The van der Waals surface area contributed by atoms with Crippen LogP contribution in [-0.2, 0) is 14.4 Å². The monoisotopic (exact) mass is 570 g/mol. The zero-order chi connectivity index (χ0) is 26.9. The van der Waals surface area contributed by atoms with Crippen LogP contribution >= 0.6 is 15.9 Å². The van der Waals surface area contributed by atoms with Crippen LogP contribution in [0.4, 0.5) is 15.8 Å². The third-order valence-electron chi connectivity index (χ3n) is 5.02. The molecule has 3 rings (SSSR count). The van der Waals surface area contributed by atoms with E-state index < -0.39 is 17.6 Å². The summed E-state index contributed by atoms with van der Waals surface area (Å²) in [6.07, 6.45) is 1.28. The van der Waals surface area contributed by atoms with Crippen molar-refractivity contribution in [3.63, 3.8) is 0 Å². The van der Waals surface area contributed by atoms with Crippen LogP contribution < -0.4 is 25.5 Å². The number of nitrogens with zero attached hydrogens (tertiary/aromatic N) is 1. The van der Waals surface area contributed by atoms with Crippen LogP contribution in [0.1, 0.15) is 16.7 Å². The fourth-order valence-electron chi connectivity index (χ4n) is 3.27. The smallest absolute Gasteiger partial charge is 0.329 e. The number of carbonyl (C=O) groups excluding carboxylic acids is 3. The van der Waals surface area contributed by atoms with E-state index in [1.165, 1.54) is 31.5 Å². The largest absolute Gasteiger partial charge is 0.493 e. The Morgan fingerprint density at radius 2 is 1.68 bits per heavy atom. The summed E-state index contributed by atoms with van der Waals surface area (Å²) in [5.74, 6) is -2.50. The first-order chi connectivity index (χ1) is 17.7. The van der Waals surface area contributed by atoms with Crippen molar-refractivity contribution in [1.29, 1.82) is 0 Å². The lowest BCUT2D eigenvalue weighted by atomic mass is 10.1. The van der Waals surface area contributed by atoms with Crippen molar-refractivity contribution in [3.05, 3.63) is 81.6 Å². The van der Waals surface area contributed by atoms with Crippen LogP contribution in [-0.4, -0.2) is 37.7 Å². The summed E-state index contributed by atoms with van der Waals surface area (Å²) in [7, 11) is 1.44. The molecule has 192 valence electrons. The van der Waals surface area contributed by atoms with E-state index in [1.54, 1.807) is 18.2 Å². The standard InChI is InChI=1S/C26H24BrFN4O5/c1-15-10-18(27)11-16(2)24(15)31-23(33)14-37-21-9-8-17(12-22(21)36-3)13-29-32-26(35)25(34)30-20-7-5-4-6-19(20)28/h4-13H,14H2,1-3H3,(H,30,34)(H,31,33)(H,32,35)/b29-13-. The summed E-state index contributed by atoms with van der Waals surface area (Å²) in [6, 6.07) is 14.0. The maximum Gasteiger partial charge on any atom is 0.329 e. The molecule has 3 N–H and O–H groups in total. The fourth-order valence-corrected chi connectivity index (χ4v) is 3.95. The average Bonchev–Trinajstić information content (AvgIpc) is 2.86. The van der Waals surface area contributed by atoms with Gasteiger partial charge >= 0.3 is 11.8 Å². The zero-order valence-corrected chi connectivity index (χ0v) is 21.8. The number of halogens is 2. The van der Waals surface area contributed by atoms with Crippen LogP contribution in [0.25, 0.3) is 0 Å². The topological polar surface area (TPSA) is 118 Å². The number of anilines is 2. The Morgan fingerprint density at radius 3 is 2.35 bits per heavy atom. The van der Waals surface area contributed by atoms with Crippen LogP contribution in [0.5, 0.6) is 11.5 Å². The molecule has 3 aromatic rings. The Kier molecular flexibility index (Phi) is 9.33. The van der Waals surface area contributed by atoms with E-state index >= 15 is 0 Å². The van der Waals surface area contributed by atoms with E-state index in [9.17, 15) is 18.8 Å². The van der Waals surface area contributed by atoms with Gasteiger partial charge in [-0.05, 0) is 73.0 Å². The molecule has 0 heterocycles. The predicted octanol–water partition coefficient (Wildman–Crippen LogP) is 4.32. The number of rotatable bonds is 8. The molecule has 0 aliphatic heterocycles. The van der Waals surface area contributed by atoms with E-state index in [2.05, 4.69) is 37.1 Å². The predicted molar refractivity (Wildman–Crippen MR) is 142 cm³/mol. The third kappa shape index (κ3) is 7.61. The highest BCUT2D eigenvalue weighted by Crippen LogP contribution is 2.28. The number of benzene rings is 3. The van der Waals surface area contributed by atoms with E-state index in [4.69, 9.17) is 9.47 Å². The molecule has 0 fully saturated rings. The Labute approximate surface area is 221 Å². The molecule has 3 aromatic carbocycles. The molecular formula is C26H24BrFN4O5. The molecule has 37 heavy (non-hydrogen) atoms. The number of hydrazone groups is 1. The number of aryl methyl sites for hydroxylation is 2. The number of hydrogen-bond acceptors (Lipinski definition) is 6. The quantitative estimate of drug-likeness (QED) is 0.212. The summed E-state index contributed by atoms with van der Waals surface area (Å²) in [5.41, 5.74) is 5.01. The summed E-state index contributed by atoms with van der Waals surface area (Å²) in [6.45, 7) is 3.55. The van der Waals surface area contributed by atoms with Crippen molar-refractivity contribution in [1.82, 2.24) is 5.43 Å². The minimum absolute atomic E-state index is 0.122. The van der Waals surface area contributed by atoms with E-state index in [-0.39, 0.29) is 18.2 Å². The molecule has 0 aliphatic rings. The van der Waals surface area contributed by atoms with Crippen molar-refractivity contribution in [3.8, 4) is 11.5 Å². The van der Waals surface area contributed by atoms with Gasteiger partial charge in [-0.1, -0.05) is 28.1 Å². The number of carbonyl (C=O) groups is 3. The van der Waals surface area contributed by atoms with Crippen molar-refractivity contribution in [2.75, 3.05) is 24.4 Å². The van der Waals surface area contributed by atoms with Gasteiger partial charge < -0.3 is 20.1 Å². The summed E-state index contributed by atoms with van der Waals surface area (Å²) < 4.78 is 25.5. The second-order valence-corrected chi connectivity index (χ2v) is 8.71. The van der Waals surface area contributed by atoms with Gasteiger partial charge in [0.2, 0.25) is 0 Å². The first kappa shape index (κ1) is 27.3. The Morgan fingerprint density at radius 1 is 0.973 bits per heavy atom. The minimum atomic E-state index is -1.08. The van der Waals surface area contributed by atoms with Gasteiger partial charge in [-0.3, -0.25) is 14.4 Å². The lowest BCUT2D eigenvalue weighted by molar-refractivity contribution is -0.136. The summed E-state index contributed by atoms with van der Waals surface area (Å²) in [4.78, 5) is 36.3. The Hall–Kier alpha value is -4.25. The van der Waals surface area contributed by atoms with E-state index in [0.29, 0.717) is 17.1 Å². The van der Waals surface area contributed by atoms with Crippen molar-refractivity contribution >= 4 is 51.2 Å². The number of amides is 3. The first-order valence-electron chi connectivity index (χ1n) is 10.9. The lowest BCUT2D eigenvalue weighted by Crippen LogP contribution is -2.32. The van der Waals surface area contributed by atoms with Gasteiger partial charge in [-0.2, -0.15) is 5.10 Å². The van der Waals surface area contributed by atoms with Gasteiger partial charge in [0.15, 0.2) is 18.1 Å². The number of para-hydroxylation sites is 1. The molecule has 0 saturated heterocycles. The molecule has 0 radical (unpaired) electrons. The average molecular weight is 571 g/mol. The maximum atomic E-state index is 13.6. The van der Waals surface area contributed by atoms with Gasteiger partial charge in [0.05, 0.1) is 19.0 Å². The van der Waals surface area contributed by atoms with Crippen LogP contribution in [0.15, 0.2) is 64.2 Å². The first-order valence-corrected chi connectivity index (χ1v) is 11.7. The number of nitrogens with one attached hydrogen (secondary N) is 3. The molecule has 9 nitrogen and oxygen atoms in total. The summed E-state index contributed by atoms with van der Waals surface area (Å²) >= 11 is 3.43. The molecule has 11 heteroatoms. The van der Waals surface area contributed by atoms with E-state index in [0.717, 1.165) is 27.4 Å². The molecule has 0 saturated carbocycles. The third-order valence-corrected chi connectivity index (χ3v) is 5.47. The molecule has 0 aliphatic carbocycles. The second kappa shape index (κ2) is 12.6. The molecule has 0 unspecified atom stereocenters. The van der Waals surface area contributed by atoms with Crippen LogP contribution in [0.2, 0.25) is 0 Å². The van der Waals surface area contributed by atoms with E-state index in [1.807, 2.05) is 26.0 Å². The van der Waals surface area contributed by atoms with Gasteiger partial charge in [-0.15, -0.1) is 0 Å². The Balaban J connectivity index is 1.56. The molecule has 3 amide bonds. The maximum absolute atomic E-state index is 13.6.